The van der Waals surface area contributed by atoms with Crippen LogP contribution in [0.1, 0.15) is 29.5 Å². The Bertz CT molecular complexity index is 612. The fourth-order valence-corrected chi connectivity index (χ4v) is 3.38. The van der Waals surface area contributed by atoms with E-state index < -0.39 is 21.7 Å². The lowest BCUT2D eigenvalue weighted by Crippen LogP contribution is -2.33. The molecule has 0 aliphatic carbocycles. The lowest BCUT2D eigenvalue weighted by atomic mass is 10.4. The van der Waals surface area contributed by atoms with Crippen molar-refractivity contribution in [3.05, 3.63) is 11.4 Å². The number of aromatic nitrogens is 2. The zero-order chi connectivity index (χ0) is 14.6. The van der Waals surface area contributed by atoms with Crippen molar-refractivity contribution in [3.8, 4) is 12.3 Å². The van der Waals surface area contributed by atoms with Crippen LogP contribution in [0.5, 0.6) is 0 Å². The molecule has 0 amide bonds. The predicted octanol–water partition coefficient (Wildman–Crippen LogP) is 0.450. The summed E-state index contributed by atoms with van der Waals surface area (Å²) in [5, 5.41) is 14.9. The molecule has 0 aliphatic rings. The maximum Gasteiger partial charge on any atom is 0.357 e. The molecule has 0 saturated heterocycles. The second-order valence-corrected chi connectivity index (χ2v) is 5.75. The molecule has 19 heavy (non-hydrogen) atoms. The van der Waals surface area contributed by atoms with E-state index in [0.717, 1.165) is 4.31 Å². The van der Waals surface area contributed by atoms with Gasteiger partial charge >= 0.3 is 5.97 Å². The highest BCUT2D eigenvalue weighted by atomic mass is 32.2. The standard InChI is InChI=1S/C11H15N3O4S/c1-4-6-14(7-5-2)19(17,18)10-8(3)12-13-9(10)11(15)16/h1H,5-7H2,2-3H3,(H,12,13)(H,15,16). The maximum absolute atomic E-state index is 12.4. The van der Waals surface area contributed by atoms with E-state index in [1.807, 2.05) is 0 Å². The number of sulfonamides is 1. The first-order valence-corrected chi connectivity index (χ1v) is 7.02. The number of carbonyl (C=O) groups is 1. The Balaban J connectivity index is 3.37. The molecule has 0 unspecified atom stereocenters. The van der Waals surface area contributed by atoms with E-state index in [9.17, 15) is 13.2 Å². The Kier molecular flexibility index (Phi) is 4.69. The maximum atomic E-state index is 12.4. The van der Waals surface area contributed by atoms with E-state index in [2.05, 4.69) is 16.1 Å². The number of aryl methyl sites for hydroxylation is 1. The number of nitrogens with one attached hydrogen (secondary N) is 1. The van der Waals surface area contributed by atoms with E-state index in [1.54, 1.807) is 6.92 Å². The summed E-state index contributed by atoms with van der Waals surface area (Å²) in [7, 11) is -3.97. The van der Waals surface area contributed by atoms with Gasteiger partial charge in [-0.3, -0.25) is 5.10 Å². The Morgan fingerprint density at radius 2 is 2.21 bits per heavy atom. The van der Waals surface area contributed by atoms with Gasteiger partial charge in [0.05, 0.1) is 12.2 Å². The van der Waals surface area contributed by atoms with Gasteiger partial charge in [-0.1, -0.05) is 12.8 Å². The number of rotatable bonds is 6. The second kappa shape index (κ2) is 5.86. The average Bonchev–Trinajstić information content (AvgIpc) is 2.71. The number of carboxylic acids is 1. The number of H-pyrrole nitrogens is 1. The van der Waals surface area contributed by atoms with Crippen molar-refractivity contribution >= 4 is 16.0 Å². The third-order valence-electron chi connectivity index (χ3n) is 2.43. The molecule has 7 nitrogen and oxygen atoms in total. The van der Waals surface area contributed by atoms with Crippen molar-refractivity contribution in [2.24, 2.45) is 0 Å². The third-order valence-corrected chi connectivity index (χ3v) is 4.44. The number of nitrogens with zero attached hydrogens (tertiary/aromatic N) is 2. The molecular formula is C11H15N3O4S. The van der Waals surface area contributed by atoms with E-state index >= 15 is 0 Å². The first kappa shape index (κ1) is 15.2. The van der Waals surface area contributed by atoms with Crippen LogP contribution in [-0.2, 0) is 10.0 Å². The summed E-state index contributed by atoms with van der Waals surface area (Å²) in [6.45, 7) is 3.36. The summed E-state index contributed by atoms with van der Waals surface area (Å²) in [4.78, 5) is 10.7. The Morgan fingerprint density at radius 1 is 1.58 bits per heavy atom. The minimum Gasteiger partial charge on any atom is -0.476 e. The molecule has 0 bridgehead atoms. The van der Waals surface area contributed by atoms with Gasteiger partial charge < -0.3 is 5.11 Å². The molecule has 0 spiro atoms. The van der Waals surface area contributed by atoms with Gasteiger partial charge in [-0.15, -0.1) is 6.42 Å². The van der Waals surface area contributed by atoms with Crippen LogP contribution in [-0.4, -0.2) is 47.1 Å². The van der Waals surface area contributed by atoms with Gasteiger partial charge in [-0.2, -0.15) is 9.40 Å². The van der Waals surface area contributed by atoms with Crippen LogP contribution in [0.25, 0.3) is 0 Å². The quantitative estimate of drug-likeness (QED) is 0.739. The van der Waals surface area contributed by atoms with Crippen molar-refractivity contribution in [2.45, 2.75) is 25.2 Å². The fourth-order valence-electron chi connectivity index (χ4n) is 1.64. The smallest absolute Gasteiger partial charge is 0.357 e. The Hall–Kier alpha value is -1.85. The molecule has 1 aromatic heterocycles. The van der Waals surface area contributed by atoms with E-state index in [4.69, 9.17) is 11.5 Å². The monoisotopic (exact) mass is 285 g/mol. The molecule has 0 fully saturated rings. The van der Waals surface area contributed by atoms with E-state index in [1.165, 1.54) is 6.92 Å². The lowest BCUT2D eigenvalue weighted by molar-refractivity contribution is 0.0686. The van der Waals surface area contributed by atoms with Crippen LogP contribution in [0, 0.1) is 19.3 Å². The Morgan fingerprint density at radius 3 is 2.68 bits per heavy atom. The van der Waals surface area contributed by atoms with Crippen molar-refractivity contribution < 1.29 is 18.3 Å². The number of aromatic carboxylic acids is 1. The summed E-state index contributed by atoms with van der Waals surface area (Å²) < 4.78 is 25.9. The van der Waals surface area contributed by atoms with Gasteiger partial charge in [0.1, 0.15) is 4.90 Å². The summed E-state index contributed by atoms with van der Waals surface area (Å²) in [6, 6.07) is 0. The molecule has 2 N–H and O–H groups in total. The van der Waals surface area contributed by atoms with Gasteiger partial charge in [0.15, 0.2) is 5.69 Å². The molecular weight excluding hydrogens is 270 g/mol. The third kappa shape index (κ3) is 2.94. The Labute approximate surface area is 111 Å². The summed E-state index contributed by atoms with van der Waals surface area (Å²) in [5.74, 6) is 0.855. The van der Waals surface area contributed by atoms with Crippen molar-refractivity contribution in [1.82, 2.24) is 14.5 Å². The SMILES string of the molecule is C#CCN(CCC)S(=O)(=O)c1c(C(=O)O)n[nH]c1C. The predicted molar refractivity (Wildman–Crippen MR) is 68.2 cm³/mol. The summed E-state index contributed by atoms with van der Waals surface area (Å²) in [5.41, 5.74) is -0.342. The zero-order valence-electron chi connectivity index (χ0n) is 10.7. The minimum absolute atomic E-state index is 0.111. The normalized spacial score (nSPS) is 11.5. The van der Waals surface area contributed by atoms with Crippen LogP contribution in [0.2, 0.25) is 0 Å². The first-order chi connectivity index (χ1) is 8.86. The molecule has 1 aromatic rings. The second-order valence-electron chi connectivity index (χ2n) is 3.87. The molecule has 0 aliphatic heterocycles. The minimum atomic E-state index is -3.97. The van der Waals surface area contributed by atoms with E-state index in [-0.39, 0.29) is 23.7 Å². The number of terminal acetylenes is 1. The summed E-state index contributed by atoms with van der Waals surface area (Å²) in [6.07, 6.45) is 5.72. The van der Waals surface area contributed by atoms with Crippen LogP contribution in [0.4, 0.5) is 0 Å². The van der Waals surface area contributed by atoms with Crippen LogP contribution in [0.3, 0.4) is 0 Å². The number of hydrogen-bond donors (Lipinski definition) is 2. The van der Waals surface area contributed by atoms with Crippen LogP contribution < -0.4 is 0 Å². The highest BCUT2D eigenvalue weighted by Crippen LogP contribution is 2.22. The topological polar surface area (TPSA) is 103 Å². The largest absolute Gasteiger partial charge is 0.476 e. The number of carboxylic acid groups (broad SMARTS) is 1. The molecule has 8 heteroatoms. The first-order valence-electron chi connectivity index (χ1n) is 5.58. The number of aromatic amines is 1. The van der Waals surface area contributed by atoms with Gasteiger partial charge in [-0.25, -0.2) is 13.2 Å². The van der Waals surface area contributed by atoms with E-state index in [0.29, 0.717) is 6.42 Å². The molecule has 104 valence electrons. The highest BCUT2D eigenvalue weighted by molar-refractivity contribution is 7.89. The average molecular weight is 285 g/mol. The van der Waals surface area contributed by atoms with Gasteiger partial charge in [0.25, 0.3) is 0 Å². The highest BCUT2D eigenvalue weighted by Gasteiger charge is 2.32. The zero-order valence-corrected chi connectivity index (χ0v) is 11.5. The molecule has 0 atom stereocenters. The lowest BCUT2D eigenvalue weighted by Gasteiger charge is -2.19. The van der Waals surface area contributed by atoms with Gasteiger partial charge in [0.2, 0.25) is 10.0 Å². The van der Waals surface area contributed by atoms with Crippen LogP contribution in [0.15, 0.2) is 4.90 Å². The molecule has 0 aromatic carbocycles. The van der Waals surface area contributed by atoms with Gasteiger partial charge in [-0.05, 0) is 13.3 Å². The fraction of sp³-hybridized carbons (Fsp3) is 0.455. The van der Waals surface area contributed by atoms with Crippen LogP contribution >= 0.6 is 0 Å². The van der Waals surface area contributed by atoms with Crippen molar-refractivity contribution in [3.63, 3.8) is 0 Å². The number of hydrogen-bond acceptors (Lipinski definition) is 4. The summed E-state index contributed by atoms with van der Waals surface area (Å²) >= 11 is 0. The van der Waals surface area contributed by atoms with Crippen molar-refractivity contribution in [2.75, 3.05) is 13.1 Å². The molecule has 1 heterocycles. The molecule has 0 radical (unpaired) electrons. The van der Waals surface area contributed by atoms with Gasteiger partial charge in [0, 0.05) is 6.54 Å². The molecule has 1 rings (SSSR count). The van der Waals surface area contributed by atoms with Crippen molar-refractivity contribution in [1.29, 1.82) is 0 Å². The molecule has 0 saturated carbocycles.